The number of nitrogens with two attached hydrogens (primary N) is 1. The van der Waals surface area contributed by atoms with Crippen molar-refractivity contribution >= 4 is 0 Å². The SMILES string of the molecule is CC(N)C(C)CN(C)C(C)c1ccccc1F. The van der Waals surface area contributed by atoms with E-state index in [2.05, 4.69) is 11.8 Å². The standard InChI is InChI=1S/C14H23FN2/c1-10(11(2)16)9-17(4)12(3)13-7-5-6-8-14(13)15/h5-8,10-12H,9,16H2,1-4H3. The fraction of sp³-hybridized carbons (Fsp3) is 0.571. The van der Waals surface area contributed by atoms with Crippen LogP contribution < -0.4 is 5.73 Å². The van der Waals surface area contributed by atoms with Crippen molar-refractivity contribution in [1.82, 2.24) is 4.90 Å². The first kappa shape index (κ1) is 14.1. The Morgan fingerprint density at radius 3 is 2.35 bits per heavy atom. The van der Waals surface area contributed by atoms with Crippen LogP contribution in [0.25, 0.3) is 0 Å². The second-order valence-electron chi connectivity index (χ2n) is 4.97. The number of halogens is 1. The van der Waals surface area contributed by atoms with Gasteiger partial charge >= 0.3 is 0 Å². The van der Waals surface area contributed by atoms with Gasteiger partial charge in [-0.05, 0) is 32.9 Å². The molecule has 0 aliphatic carbocycles. The van der Waals surface area contributed by atoms with Gasteiger partial charge in [0.2, 0.25) is 0 Å². The quantitative estimate of drug-likeness (QED) is 0.854. The zero-order chi connectivity index (χ0) is 13.0. The van der Waals surface area contributed by atoms with E-state index >= 15 is 0 Å². The fourth-order valence-electron chi connectivity index (χ4n) is 1.83. The van der Waals surface area contributed by atoms with Gasteiger partial charge in [0.25, 0.3) is 0 Å². The van der Waals surface area contributed by atoms with E-state index in [-0.39, 0.29) is 17.9 Å². The van der Waals surface area contributed by atoms with Gasteiger partial charge in [0.1, 0.15) is 5.82 Å². The molecule has 0 saturated carbocycles. The summed E-state index contributed by atoms with van der Waals surface area (Å²) in [4.78, 5) is 2.15. The molecule has 17 heavy (non-hydrogen) atoms. The molecule has 0 aromatic heterocycles. The summed E-state index contributed by atoms with van der Waals surface area (Å²) in [6.07, 6.45) is 0. The number of hydrogen-bond donors (Lipinski definition) is 1. The molecule has 3 heteroatoms. The second kappa shape index (κ2) is 6.12. The lowest BCUT2D eigenvalue weighted by Crippen LogP contribution is -2.35. The van der Waals surface area contributed by atoms with Crippen molar-refractivity contribution in [2.24, 2.45) is 11.7 Å². The summed E-state index contributed by atoms with van der Waals surface area (Å²) in [5.74, 6) is 0.259. The minimum Gasteiger partial charge on any atom is -0.328 e. The van der Waals surface area contributed by atoms with Crippen molar-refractivity contribution in [3.05, 3.63) is 35.6 Å². The van der Waals surface area contributed by atoms with Crippen LogP contribution in [0.2, 0.25) is 0 Å². The molecule has 1 aromatic rings. The molecule has 0 saturated heterocycles. The third kappa shape index (κ3) is 3.79. The molecule has 0 heterocycles. The van der Waals surface area contributed by atoms with Gasteiger partial charge in [0, 0.05) is 24.2 Å². The third-order valence-corrected chi connectivity index (χ3v) is 3.49. The van der Waals surface area contributed by atoms with Crippen LogP contribution in [0, 0.1) is 11.7 Å². The monoisotopic (exact) mass is 238 g/mol. The number of rotatable bonds is 5. The summed E-state index contributed by atoms with van der Waals surface area (Å²) in [6, 6.07) is 7.16. The molecule has 0 spiro atoms. The van der Waals surface area contributed by atoms with Gasteiger partial charge in [0.15, 0.2) is 0 Å². The highest BCUT2D eigenvalue weighted by Crippen LogP contribution is 2.22. The van der Waals surface area contributed by atoms with Crippen molar-refractivity contribution in [3.8, 4) is 0 Å². The largest absolute Gasteiger partial charge is 0.328 e. The van der Waals surface area contributed by atoms with E-state index in [9.17, 15) is 4.39 Å². The normalized spacial score (nSPS) is 16.9. The first-order valence-electron chi connectivity index (χ1n) is 6.13. The van der Waals surface area contributed by atoms with E-state index in [0.29, 0.717) is 5.92 Å². The highest BCUT2D eigenvalue weighted by Gasteiger charge is 2.18. The summed E-state index contributed by atoms with van der Waals surface area (Å²) < 4.78 is 13.6. The van der Waals surface area contributed by atoms with E-state index < -0.39 is 0 Å². The maximum Gasteiger partial charge on any atom is 0.127 e. The number of benzene rings is 1. The van der Waals surface area contributed by atoms with Crippen LogP contribution in [0.5, 0.6) is 0 Å². The molecule has 3 unspecified atom stereocenters. The van der Waals surface area contributed by atoms with Gasteiger partial charge in [0.05, 0.1) is 0 Å². The molecule has 0 amide bonds. The molecule has 0 bridgehead atoms. The molecule has 2 N–H and O–H groups in total. The summed E-state index contributed by atoms with van der Waals surface area (Å²) in [6.45, 7) is 7.01. The molecule has 3 atom stereocenters. The minimum absolute atomic E-state index is 0.0670. The average Bonchev–Trinajstić information content (AvgIpc) is 2.28. The molecule has 0 fully saturated rings. The van der Waals surface area contributed by atoms with Gasteiger partial charge in [-0.25, -0.2) is 4.39 Å². The zero-order valence-corrected chi connectivity index (χ0v) is 11.2. The fourth-order valence-corrected chi connectivity index (χ4v) is 1.83. The highest BCUT2D eigenvalue weighted by atomic mass is 19.1. The van der Waals surface area contributed by atoms with Crippen LogP contribution in [0.15, 0.2) is 24.3 Å². The first-order chi connectivity index (χ1) is 7.93. The van der Waals surface area contributed by atoms with Gasteiger partial charge in [-0.1, -0.05) is 25.1 Å². The summed E-state index contributed by atoms with van der Waals surface area (Å²) in [5.41, 5.74) is 6.59. The van der Waals surface area contributed by atoms with E-state index in [1.165, 1.54) is 6.07 Å². The van der Waals surface area contributed by atoms with Crippen molar-refractivity contribution in [2.75, 3.05) is 13.6 Å². The van der Waals surface area contributed by atoms with Gasteiger partial charge in [-0.2, -0.15) is 0 Å². The van der Waals surface area contributed by atoms with Crippen LogP contribution in [-0.2, 0) is 0 Å². The Labute approximate surface area is 104 Å². The van der Waals surface area contributed by atoms with Crippen molar-refractivity contribution in [1.29, 1.82) is 0 Å². The first-order valence-corrected chi connectivity index (χ1v) is 6.13. The van der Waals surface area contributed by atoms with Crippen LogP contribution in [0.1, 0.15) is 32.4 Å². The Balaban J connectivity index is 2.70. The lowest BCUT2D eigenvalue weighted by Gasteiger charge is -2.29. The van der Waals surface area contributed by atoms with Crippen molar-refractivity contribution in [3.63, 3.8) is 0 Å². The molecule has 1 rings (SSSR count). The smallest absolute Gasteiger partial charge is 0.127 e. The van der Waals surface area contributed by atoms with E-state index in [1.54, 1.807) is 6.07 Å². The third-order valence-electron chi connectivity index (χ3n) is 3.49. The Bertz CT molecular complexity index is 352. The Morgan fingerprint density at radius 1 is 1.24 bits per heavy atom. The summed E-state index contributed by atoms with van der Waals surface area (Å²) in [5, 5.41) is 0. The minimum atomic E-state index is -0.139. The van der Waals surface area contributed by atoms with E-state index in [0.717, 1.165) is 12.1 Å². The molecular weight excluding hydrogens is 215 g/mol. The predicted molar refractivity (Wildman–Crippen MR) is 70.3 cm³/mol. The highest BCUT2D eigenvalue weighted by molar-refractivity contribution is 5.20. The molecule has 0 aliphatic heterocycles. The summed E-state index contributed by atoms with van der Waals surface area (Å²) in [7, 11) is 2.01. The number of hydrogen-bond acceptors (Lipinski definition) is 2. The lowest BCUT2D eigenvalue weighted by atomic mass is 10.0. The van der Waals surface area contributed by atoms with E-state index in [4.69, 9.17) is 5.73 Å². The lowest BCUT2D eigenvalue weighted by molar-refractivity contribution is 0.211. The van der Waals surface area contributed by atoms with Crippen LogP contribution in [0.3, 0.4) is 0 Å². The topological polar surface area (TPSA) is 29.3 Å². The van der Waals surface area contributed by atoms with Gasteiger partial charge in [-0.3, -0.25) is 4.90 Å². The summed E-state index contributed by atoms with van der Waals surface area (Å²) >= 11 is 0. The zero-order valence-electron chi connectivity index (χ0n) is 11.2. The van der Waals surface area contributed by atoms with Crippen LogP contribution >= 0.6 is 0 Å². The molecule has 96 valence electrons. The molecule has 0 aliphatic rings. The predicted octanol–water partition coefficient (Wildman–Crippen LogP) is 2.80. The maximum absolute atomic E-state index is 13.6. The molecule has 2 nitrogen and oxygen atoms in total. The van der Waals surface area contributed by atoms with Gasteiger partial charge < -0.3 is 5.73 Å². The number of nitrogens with zero attached hydrogens (tertiary/aromatic N) is 1. The maximum atomic E-state index is 13.6. The Kier molecular flexibility index (Phi) is 5.09. The second-order valence-corrected chi connectivity index (χ2v) is 4.97. The van der Waals surface area contributed by atoms with Crippen molar-refractivity contribution in [2.45, 2.75) is 32.9 Å². The Morgan fingerprint density at radius 2 is 1.82 bits per heavy atom. The van der Waals surface area contributed by atoms with Crippen molar-refractivity contribution < 1.29 is 4.39 Å². The van der Waals surface area contributed by atoms with E-state index in [1.807, 2.05) is 33.0 Å². The average molecular weight is 238 g/mol. The van der Waals surface area contributed by atoms with Crippen LogP contribution in [-0.4, -0.2) is 24.5 Å². The van der Waals surface area contributed by atoms with Crippen LogP contribution in [0.4, 0.5) is 4.39 Å². The van der Waals surface area contributed by atoms with Gasteiger partial charge in [-0.15, -0.1) is 0 Å². The Hall–Kier alpha value is -0.930. The molecule has 0 radical (unpaired) electrons. The molecule has 1 aromatic carbocycles. The molecular formula is C14H23FN2.